The molecule has 8 nitrogen and oxygen atoms in total. The van der Waals surface area contributed by atoms with Gasteiger partial charge in [-0.3, -0.25) is 4.79 Å². The summed E-state index contributed by atoms with van der Waals surface area (Å²) in [7, 11) is 0. The molecule has 8 heteroatoms. The van der Waals surface area contributed by atoms with Crippen LogP contribution in [0, 0.1) is 0 Å². The number of carbonyl (C=O) groups excluding carboxylic acids is 1. The molecule has 1 aliphatic rings. The lowest BCUT2D eigenvalue weighted by Gasteiger charge is -2.13. The predicted molar refractivity (Wildman–Crippen MR) is 94.5 cm³/mol. The van der Waals surface area contributed by atoms with Gasteiger partial charge in [-0.05, 0) is 18.6 Å². The van der Waals surface area contributed by atoms with Crippen molar-refractivity contribution in [2.75, 3.05) is 5.32 Å². The monoisotopic (exact) mass is 353 g/mol. The number of aliphatic hydroxyl groups excluding tert-OH is 1. The molecule has 0 saturated carbocycles. The Morgan fingerprint density at radius 2 is 2.15 bits per heavy atom. The van der Waals surface area contributed by atoms with Crippen LogP contribution in [0.2, 0.25) is 0 Å². The fourth-order valence-electron chi connectivity index (χ4n) is 3.17. The number of fused-ring (bicyclic) bond motifs is 1. The third-order valence-corrected chi connectivity index (χ3v) is 4.54. The van der Waals surface area contributed by atoms with Gasteiger partial charge in [0.25, 0.3) is 5.91 Å². The topological polar surface area (TPSA) is 102 Å². The van der Waals surface area contributed by atoms with E-state index in [1.54, 1.807) is 35.1 Å². The third-order valence-electron chi connectivity index (χ3n) is 4.54. The van der Waals surface area contributed by atoms with E-state index < -0.39 is 6.10 Å². The largest absolute Gasteiger partial charge is 0.390 e. The molecule has 26 heavy (non-hydrogen) atoms. The number of benzene rings is 1. The van der Waals surface area contributed by atoms with Crippen molar-refractivity contribution in [2.45, 2.75) is 38.2 Å². The van der Waals surface area contributed by atoms with Crippen LogP contribution in [0.25, 0.3) is 11.0 Å². The lowest BCUT2D eigenvalue weighted by Crippen LogP contribution is -2.19. The molecular formula is C18H19N5O3. The van der Waals surface area contributed by atoms with E-state index in [1.165, 1.54) is 6.33 Å². The van der Waals surface area contributed by atoms with Crippen LogP contribution >= 0.6 is 0 Å². The number of anilines is 1. The van der Waals surface area contributed by atoms with Gasteiger partial charge in [-0.25, -0.2) is 14.6 Å². The van der Waals surface area contributed by atoms with Gasteiger partial charge in [0.1, 0.15) is 12.1 Å². The fraction of sp³-hybridized carbons (Fsp3) is 0.333. The van der Waals surface area contributed by atoms with Gasteiger partial charge in [-0.15, -0.1) is 0 Å². The Kier molecular flexibility index (Phi) is 4.36. The second kappa shape index (κ2) is 6.81. The third kappa shape index (κ3) is 2.93. The molecule has 2 aromatic heterocycles. The number of nitrogens with zero attached hydrogens (tertiary/aromatic N) is 4. The Labute approximate surface area is 149 Å². The van der Waals surface area contributed by atoms with Crippen molar-refractivity contribution in [1.82, 2.24) is 19.7 Å². The molecule has 1 saturated heterocycles. The number of amides is 1. The number of aromatic nitrogens is 4. The lowest BCUT2D eigenvalue weighted by atomic mass is 10.1. The van der Waals surface area contributed by atoms with Crippen LogP contribution in [0.15, 0.2) is 42.9 Å². The van der Waals surface area contributed by atoms with E-state index >= 15 is 0 Å². The Bertz CT molecular complexity index is 927. The van der Waals surface area contributed by atoms with Gasteiger partial charge in [-0.2, -0.15) is 5.10 Å². The first-order valence-electron chi connectivity index (χ1n) is 8.55. The maximum atomic E-state index is 12.4. The van der Waals surface area contributed by atoms with Crippen LogP contribution in [-0.4, -0.2) is 43.0 Å². The standard InChI is InChI=1S/C18H19N5O3/c1-2-14-13(24)8-15(26-14)23-17-12(9-21-23)16(19-10-20-17)22-18(25)11-6-4-3-5-7-11/h3-7,9-10,13-15,24H,2,8H2,1H3,(H,19,20,22,25)/t13?,14-,15-/m1/s1. The highest BCUT2D eigenvalue weighted by molar-refractivity contribution is 6.07. The molecule has 1 fully saturated rings. The maximum absolute atomic E-state index is 12.4. The number of aliphatic hydroxyl groups is 1. The van der Waals surface area contributed by atoms with Gasteiger partial charge in [0.2, 0.25) is 0 Å². The summed E-state index contributed by atoms with van der Waals surface area (Å²) in [6, 6.07) is 8.92. The van der Waals surface area contributed by atoms with E-state index in [1.807, 2.05) is 13.0 Å². The van der Waals surface area contributed by atoms with E-state index in [9.17, 15) is 9.90 Å². The van der Waals surface area contributed by atoms with Crippen LogP contribution in [-0.2, 0) is 4.74 Å². The molecule has 3 heterocycles. The van der Waals surface area contributed by atoms with Gasteiger partial charge in [0.05, 0.1) is 23.8 Å². The normalized spacial score (nSPS) is 22.6. The summed E-state index contributed by atoms with van der Waals surface area (Å²) in [6.07, 6.45) is 3.03. The van der Waals surface area contributed by atoms with Crippen molar-refractivity contribution in [3.8, 4) is 0 Å². The van der Waals surface area contributed by atoms with Crippen molar-refractivity contribution in [1.29, 1.82) is 0 Å². The minimum atomic E-state index is -0.525. The van der Waals surface area contributed by atoms with Crippen LogP contribution < -0.4 is 5.32 Å². The molecule has 0 radical (unpaired) electrons. The van der Waals surface area contributed by atoms with E-state index in [2.05, 4.69) is 20.4 Å². The molecule has 0 aliphatic carbocycles. The van der Waals surface area contributed by atoms with Crippen LogP contribution in [0.1, 0.15) is 36.4 Å². The minimum Gasteiger partial charge on any atom is -0.390 e. The Hall–Kier alpha value is -2.84. The summed E-state index contributed by atoms with van der Waals surface area (Å²) in [6.45, 7) is 1.97. The molecule has 0 spiro atoms. The van der Waals surface area contributed by atoms with Gasteiger partial charge >= 0.3 is 0 Å². The van der Waals surface area contributed by atoms with Crippen LogP contribution in [0.5, 0.6) is 0 Å². The van der Waals surface area contributed by atoms with E-state index in [-0.39, 0.29) is 18.2 Å². The summed E-state index contributed by atoms with van der Waals surface area (Å²) >= 11 is 0. The molecule has 1 amide bonds. The van der Waals surface area contributed by atoms with Gasteiger partial charge < -0.3 is 15.2 Å². The lowest BCUT2D eigenvalue weighted by molar-refractivity contribution is -0.0232. The average Bonchev–Trinajstić information content (AvgIpc) is 3.26. The summed E-state index contributed by atoms with van der Waals surface area (Å²) in [5.74, 6) is 0.137. The first-order chi connectivity index (χ1) is 12.7. The highest BCUT2D eigenvalue weighted by Crippen LogP contribution is 2.32. The zero-order valence-corrected chi connectivity index (χ0v) is 14.2. The summed E-state index contributed by atoms with van der Waals surface area (Å²) in [5.41, 5.74) is 1.09. The first-order valence-corrected chi connectivity index (χ1v) is 8.55. The maximum Gasteiger partial charge on any atom is 0.256 e. The molecule has 2 N–H and O–H groups in total. The molecule has 3 atom stereocenters. The highest BCUT2D eigenvalue weighted by atomic mass is 16.5. The molecular weight excluding hydrogens is 334 g/mol. The molecule has 4 rings (SSSR count). The minimum absolute atomic E-state index is 0.210. The zero-order chi connectivity index (χ0) is 18.1. The Morgan fingerprint density at radius 3 is 2.88 bits per heavy atom. The number of carbonyl (C=O) groups is 1. The van der Waals surface area contributed by atoms with Crippen LogP contribution in [0.3, 0.4) is 0 Å². The summed E-state index contributed by atoms with van der Waals surface area (Å²) in [4.78, 5) is 20.8. The van der Waals surface area contributed by atoms with Crippen molar-refractivity contribution in [2.24, 2.45) is 0 Å². The second-order valence-corrected chi connectivity index (χ2v) is 6.21. The average molecular weight is 353 g/mol. The van der Waals surface area contributed by atoms with E-state index in [0.29, 0.717) is 28.8 Å². The smallest absolute Gasteiger partial charge is 0.256 e. The van der Waals surface area contributed by atoms with E-state index in [0.717, 1.165) is 6.42 Å². The van der Waals surface area contributed by atoms with Gasteiger partial charge in [0, 0.05) is 12.0 Å². The van der Waals surface area contributed by atoms with Crippen molar-refractivity contribution in [3.05, 3.63) is 48.4 Å². The van der Waals surface area contributed by atoms with Crippen molar-refractivity contribution >= 4 is 22.8 Å². The number of nitrogens with one attached hydrogen (secondary N) is 1. The van der Waals surface area contributed by atoms with Gasteiger partial charge in [-0.1, -0.05) is 25.1 Å². The number of ether oxygens (including phenoxy) is 1. The van der Waals surface area contributed by atoms with Crippen molar-refractivity contribution < 1.29 is 14.6 Å². The summed E-state index contributed by atoms with van der Waals surface area (Å²) in [5, 5.41) is 17.8. The quantitative estimate of drug-likeness (QED) is 0.745. The van der Waals surface area contributed by atoms with Crippen LogP contribution in [0.4, 0.5) is 5.82 Å². The second-order valence-electron chi connectivity index (χ2n) is 6.21. The Morgan fingerprint density at radius 1 is 1.35 bits per heavy atom. The number of hydrogen-bond acceptors (Lipinski definition) is 6. The highest BCUT2D eigenvalue weighted by Gasteiger charge is 2.35. The first kappa shape index (κ1) is 16.6. The molecule has 3 aromatic rings. The molecule has 1 aliphatic heterocycles. The summed E-state index contributed by atoms with van der Waals surface area (Å²) < 4.78 is 7.50. The zero-order valence-electron chi connectivity index (χ0n) is 14.2. The SMILES string of the molecule is CC[C@H]1O[C@@H](n2ncc3c(NC(=O)c4ccccc4)ncnc32)CC1O. The predicted octanol–water partition coefficient (Wildman–Crippen LogP) is 2.14. The molecule has 1 aromatic carbocycles. The van der Waals surface area contributed by atoms with Gasteiger partial charge in [0.15, 0.2) is 11.9 Å². The molecule has 1 unspecified atom stereocenters. The number of rotatable bonds is 4. The molecule has 134 valence electrons. The van der Waals surface area contributed by atoms with E-state index in [4.69, 9.17) is 4.74 Å². The number of hydrogen-bond donors (Lipinski definition) is 2. The molecule has 0 bridgehead atoms. The van der Waals surface area contributed by atoms with Crippen molar-refractivity contribution in [3.63, 3.8) is 0 Å². The fourth-order valence-corrected chi connectivity index (χ4v) is 3.17. The Balaban J connectivity index is 1.63.